The largest absolute Gasteiger partial charge is 0.214 e. The Morgan fingerprint density at radius 1 is 0.800 bits per heavy atom. The molecule has 0 atom stereocenters. The minimum atomic E-state index is -4.69. The first-order valence-electron chi connectivity index (χ1n) is 7.60. The summed E-state index contributed by atoms with van der Waals surface area (Å²) in [6.07, 6.45) is 4.45. The Hall–Kier alpha value is -2.28. The second-order valence-electron chi connectivity index (χ2n) is 5.90. The van der Waals surface area contributed by atoms with Crippen molar-refractivity contribution in [3.8, 4) is 0 Å². The fourth-order valence-electron chi connectivity index (χ4n) is 3.09. The van der Waals surface area contributed by atoms with E-state index in [9.17, 15) is 0 Å². The van der Waals surface area contributed by atoms with Crippen molar-refractivity contribution < 1.29 is 33.3 Å². The number of benzene rings is 2. The topological polar surface area (TPSA) is 93.5 Å². The molecule has 0 amide bonds. The van der Waals surface area contributed by atoms with Crippen LogP contribution < -0.4 is 18.4 Å². The molecule has 2 heterocycles. The smallest absolute Gasteiger partial charge is 0.183 e. The van der Waals surface area contributed by atoms with Gasteiger partial charge in [0.25, 0.3) is 0 Å². The van der Waals surface area contributed by atoms with E-state index in [2.05, 4.69) is 79.2 Å². The normalized spacial score (nSPS) is 11.6. The van der Waals surface area contributed by atoms with Gasteiger partial charge in [-0.3, -0.25) is 0 Å². The Morgan fingerprint density at radius 2 is 1.48 bits per heavy atom. The number of hydrogen-bond acceptors (Lipinski definition) is 4. The minimum Gasteiger partial charge on any atom is -0.183 e. The van der Waals surface area contributed by atoms with Crippen molar-refractivity contribution in [3.63, 3.8) is 0 Å². The van der Waals surface area contributed by atoms with Gasteiger partial charge < -0.3 is 0 Å². The summed E-state index contributed by atoms with van der Waals surface area (Å²) >= 11 is 0. The summed E-state index contributed by atoms with van der Waals surface area (Å²) in [5.74, 6) is 0. The first-order chi connectivity index (χ1) is 11.7. The SMILES string of the molecule is Cc1ccc2c(C)c3ccc4ccccc4c3c[n+]2c1.[O-][Cl+3]([O-])([O-])O. The molecule has 1 N–H and O–H groups in total. The van der Waals surface area contributed by atoms with Crippen LogP contribution in [0.5, 0.6) is 0 Å². The zero-order chi connectivity index (χ0) is 18.2. The first-order valence-corrected chi connectivity index (χ1v) is 8.86. The van der Waals surface area contributed by atoms with E-state index in [1.165, 1.54) is 38.2 Å². The molecular formula is C19H17ClNO4+. The lowest BCUT2D eigenvalue weighted by molar-refractivity contribution is -1.92. The Morgan fingerprint density at radius 3 is 2.20 bits per heavy atom. The van der Waals surface area contributed by atoms with Crippen molar-refractivity contribution >= 4 is 27.1 Å². The molecule has 0 bridgehead atoms. The highest BCUT2D eigenvalue weighted by molar-refractivity contribution is 6.08. The second kappa shape index (κ2) is 6.55. The molecule has 0 fully saturated rings. The van der Waals surface area contributed by atoms with Crippen LogP contribution in [0.2, 0.25) is 0 Å². The molecule has 6 heteroatoms. The summed E-state index contributed by atoms with van der Waals surface area (Å²) in [5.41, 5.74) is 3.90. The quantitative estimate of drug-likeness (QED) is 0.276. The van der Waals surface area contributed by atoms with Gasteiger partial charge in [-0.25, -0.2) is 0 Å². The van der Waals surface area contributed by atoms with E-state index in [4.69, 9.17) is 18.6 Å². The molecule has 128 valence electrons. The number of hydrogen-bond donors (Lipinski definition) is 1. The number of halogens is 1. The maximum Gasteiger partial charge on any atom is 0.214 e. The zero-order valence-corrected chi connectivity index (χ0v) is 14.5. The Kier molecular flexibility index (Phi) is 4.60. The molecule has 2 aromatic heterocycles. The lowest BCUT2D eigenvalue weighted by Crippen LogP contribution is -2.58. The van der Waals surface area contributed by atoms with Gasteiger partial charge in [-0.05, 0) is 36.1 Å². The van der Waals surface area contributed by atoms with E-state index in [-0.39, 0.29) is 0 Å². The highest BCUT2D eigenvalue weighted by Crippen LogP contribution is 2.27. The van der Waals surface area contributed by atoms with E-state index >= 15 is 0 Å². The number of fused-ring (bicyclic) bond motifs is 4. The predicted octanol–water partition coefficient (Wildman–Crippen LogP) is 0.225. The third-order valence-corrected chi connectivity index (χ3v) is 4.15. The van der Waals surface area contributed by atoms with Gasteiger partial charge in [0.05, 0.1) is 20.3 Å². The number of rotatable bonds is 0. The van der Waals surface area contributed by atoms with E-state index < -0.39 is 10.2 Å². The van der Waals surface area contributed by atoms with Gasteiger partial charge in [0.2, 0.25) is 5.52 Å². The summed E-state index contributed by atoms with van der Waals surface area (Å²) in [6, 6.07) is 17.4. The van der Waals surface area contributed by atoms with E-state index in [1.54, 1.807) is 0 Å². The molecule has 0 spiro atoms. The monoisotopic (exact) mass is 358 g/mol. The van der Waals surface area contributed by atoms with Crippen molar-refractivity contribution in [1.82, 2.24) is 0 Å². The third-order valence-electron chi connectivity index (χ3n) is 4.15. The molecule has 5 nitrogen and oxygen atoms in total. The van der Waals surface area contributed by atoms with Crippen LogP contribution in [0.1, 0.15) is 11.1 Å². The molecule has 0 aliphatic rings. The predicted molar refractivity (Wildman–Crippen MR) is 86.3 cm³/mol. The Labute approximate surface area is 146 Å². The van der Waals surface area contributed by atoms with Crippen LogP contribution in [0.4, 0.5) is 0 Å². The molecule has 0 aliphatic carbocycles. The molecule has 0 unspecified atom stereocenters. The molecule has 0 aliphatic heterocycles. The summed E-state index contributed by atoms with van der Waals surface area (Å²) < 4.78 is 35.0. The zero-order valence-electron chi connectivity index (χ0n) is 13.8. The fourth-order valence-corrected chi connectivity index (χ4v) is 3.09. The number of aryl methyl sites for hydroxylation is 2. The first kappa shape index (κ1) is 17.5. The van der Waals surface area contributed by atoms with E-state index in [0.717, 1.165) is 0 Å². The van der Waals surface area contributed by atoms with Gasteiger partial charge in [-0.1, -0.05) is 36.4 Å². The average molecular weight is 359 g/mol. The summed E-state index contributed by atoms with van der Waals surface area (Å²) in [5, 5.41) is 5.28. The molecule has 0 radical (unpaired) electrons. The van der Waals surface area contributed by atoms with E-state index in [0.29, 0.717) is 0 Å². The van der Waals surface area contributed by atoms with Crippen LogP contribution in [0.25, 0.3) is 27.1 Å². The van der Waals surface area contributed by atoms with Gasteiger partial charge in [-0.2, -0.15) is 18.4 Å². The van der Waals surface area contributed by atoms with Crippen LogP contribution in [0.15, 0.2) is 60.9 Å². The van der Waals surface area contributed by atoms with Crippen LogP contribution in [0, 0.1) is 24.1 Å². The molecule has 25 heavy (non-hydrogen) atoms. The van der Waals surface area contributed by atoms with Gasteiger partial charge in [0.1, 0.15) is 0 Å². The molecule has 2 aromatic carbocycles. The van der Waals surface area contributed by atoms with Crippen molar-refractivity contribution in [2.24, 2.45) is 0 Å². The molecule has 4 rings (SSSR count). The van der Waals surface area contributed by atoms with Crippen LogP contribution >= 0.6 is 0 Å². The minimum absolute atomic E-state index is 1.28. The molecule has 4 aromatic rings. The Balaban J connectivity index is 0.000000324. The summed E-state index contributed by atoms with van der Waals surface area (Å²) in [4.78, 5) is 0. The van der Waals surface area contributed by atoms with Crippen molar-refractivity contribution in [2.75, 3.05) is 0 Å². The standard InChI is InChI=1S/C19H16N.ClHO4/c1-13-7-10-19-14(2)16-9-8-15-5-3-4-6-17(15)18(16)12-20(19)11-13;2-1(3,4)5/h3-12H,1-2H3;(H,2,3,4,5)/q+1;. The maximum absolute atomic E-state index is 8.60. The lowest BCUT2D eigenvalue weighted by Gasteiger charge is -2.06. The highest BCUT2D eigenvalue weighted by Gasteiger charge is 2.12. The molecular weight excluding hydrogens is 342 g/mol. The van der Waals surface area contributed by atoms with Gasteiger partial charge in [-0.15, -0.1) is 0 Å². The number of aromatic nitrogens is 1. The molecule has 0 saturated carbocycles. The highest BCUT2D eigenvalue weighted by atomic mass is 35.7. The van der Waals surface area contributed by atoms with Gasteiger partial charge in [0.15, 0.2) is 12.4 Å². The lowest BCUT2D eigenvalue weighted by atomic mass is 10.00. The van der Waals surface area contributed by atoms with Gasteiger partial charge >= 0.3 is 0 Å². The summed E-state index contributed by atoms with van der Waals surface area (Å²) in [7, 11) is -4.69. The van der Waals surface area contributed by atoms with Gasteiger partial charge in [0, 0.05) is 17.2 Å². The fraction of sp³-hybridized carbons (Fsp3) is 0.105. The van der Waals surface area contributed by atoms with Crippen molar-refractivity contribution in [1.29, 1.82) is 0 Å². The van der Waals surface area contributed by atoms with Crippen LogP contribution in [-0.2, 0) is 0 Å². The van der Waals surface area contributed by atoms with Crippen molar-refractivity contribution in [3.05, 3.63) is 72.1 Å². The Bertz CT molecular complexity index is 1070. The maximum atomic E-state index is 8.60. The molecule has 0 saturated heterocycles. The van der Waals surface area contributed by atoms with Crippen LogP contribution in [-0.4, -0.2) is 4.66 Å². The second-order valence-corrected chi connectivity index (χ2v) is 6.69. The number of nitrogens with zero attached hydrogens (tertiary/aromatic N) is 1. The average Bonchev–Trinajstić information content (AvgIpc) is 2.53. The van der Waals surface area contributed by atoms with Crippen LogP contribution in [0.3, 0.4) is 0 Å². The van der Waals surface area contributed by atoms with E-state index in [1.807, 2.05) is 0 Å². The third kappa shape index (κ3) is 3.87. The van der Waals surface area contributed by atoms with Crippen molar-refractivity contribution in [2.45, 2.75) is 13.8 Å². The number of pyridine rings is 2. The summed E-state index contributed by atoms with van der Waals surface area (Å²) in [6.45, 7) is 4.34.